The van der Waals surface area contributed by atoms with E-state index in [0.717, 1.165) is 18.4 Å². The van der Waals surface area contributed by atoms with Gasteiger partial charge in [0, 0.05) is 24.5 Å². The van der Waals surface area contributed by atoms with Gasteiger partial charge in [-0.25, -0.2) is 0 Å². The molecular weight excluding hydrogens is 176 g/mol. The molecule has 0 saturated carbocycles. The molecule has 3 heteroatoms. The highest BCUT2D eigenvalue weighted by Gasteiger charge is 2.28. The summed E-state index contributed by atoms with van der Waals surface area (Å²) >= 11 is 0. The monoisotopic (exact) mass is 194 g/mol. The van der Waals surface area contributed by atoms with E-state index in [1.165, 1.54) is 11.3 Å². The van der Waals surface area contributed by atoms with Crippen LogP contribution in [0.15, 0.2) is 6.20 Å². The molecule has 0 bridgehead atoms. The molecule has 1 aromatic heterocycles. The minimum absolute atomic E-state index is 0.312. The van der Waals surface area contributed by atoms with Crippen LogP contribution in [0.3, 0.4) is 0 Å². The zero-order valence-electron chi connectivity index (χ0n) is 8.83. The Morgan fingerprint density at radius 3 is 3.00 bits per heavy atom. The second-order valence-electron chi connectivity index (χ2n) is 4.34. The van der Waals surface area contributed by atoms with E-state index in [-0.39, 0.29) is 6.10 Å². The Bertz CT molecular complexity index is 343. The Balaban J connectivity index is 2.42. The summed E-state index contributed by atoms with van der Waals surface area (Å²) in [5.74, 6) is 0.436. The number of fused-ring (bicyclic) bond motifs is 1. The molecule has 1 aliphatic rings. The molecule has 3 nitrogen and oxygen atoms in total. The first-order valence-corrected chi connectivity index (χ1v) is 5.16. The van der Waals surface area contributed by atoms with Crippen LogP contribution < -0.4 is 5.73 Å². The van der Waals surface area contributed by atoms with Gasteiger partial charge in [0.2, 0.25) is 0 Å². The minimum Gasteiger partial charge on any atom is -0.388 e. The van der Waals surface area contributed by atoms with E-state index in [4.69, 9.17) is 5.73 Å². The molecule has 1 aromatic rings. The average Bonchev–Trinajstić information content (AvgIpc) is 2.42. The van der Waals surface area contributed by atoms with Crippen LogP contribution in [0, 0.1) is 12.8 Å². The number of nitrogens with two attached hydrogens (primary N) is 1. The molecule has 0 aromatic carbocycles. The molecule has 0 aliphatic heterocycles. The summed E-state index contributed by atoms with van der Waals surface area (Å²) < 4.78 is 2.12. The fourth-order valence-electron chi connectivity index (χ4n) is 2.53. The molecule has 14 heavy (non-hydrogen) atoms. The predicted octanol–water partition coefficient (Wildman–Crippen LogP) is 0.888. The summed E-state index contributed by atoms with van der Waals surface area (Å²) in [4.78, 5) is 0. The SMILES string of the molecule is Cc1cn(C)c2c1C(O)CC(CN)C2. The summed E-state index contributed by atoms with van der Waals surface area (Å²) in [6.45, 7) is 2.73. The highest BCUT2D eigenvalue weighted by molar-refractivity contribution is 5.35. The molecule has 0 fully saturated rings. The van der Waals surface area contributed by atoms with E-state index in [2.05, 4.69) is 17.7 Å². The van der Waals surface area contributed by atoms with Crippen molar-refractivity contribution < 1.29 is 5.11 Å². The number of aryl methyl sites for hydroxylation is 2. The van der Waals surface area contributed by atoms with E-state index >= 15 is 0 Å². The third-order valence-electron chi connectivity index (χ3n) is 3.25. The van der Waals surface area contributed by atoms with Crippen molar-refractivity contribution in [3.63, 3.8) is 0 Å². The first-order valence-electron chi connectivity index (χ1n) is 5.16. The van der Waals surface area contributed by atoms with Gasteiger partial charge in [-0.1, -0.05) is 0 Å². The molecule has 0 radical (unpaired) electrons. The summed E-state index contributed by atoms with van der Waals surface area (Å²) in [5, 5.41) is 9.99. The van der Waals surface area contributed by atoms with Crippen LogP contribution >= 0.6 is 0 Å². The number of rotatable bonds is 1. The summed E-state index contributed by atoms with van der Waals surface area (Å²) in [6, 6.07) is 0. The van der Waals surface area contributed by atoms with Gasteiger partial charge in [-0.3, -0.25) is 0 Å². The number of aromatic nitrogens is 1. The van der Waals surface area contributed by atoms with Gasteiger partial charge in [0.15, 0.2) is 0 Å². The van der Waals surface area contributed by atoms with Crippen molar-refractivity contribution in [2.24, 2.45) is 18.7 Å². The van der Waals surface area contributed by atoms with Crippen LogP contribution in [0.2, 0.25) is 0 Å². The Morgan fingerprint density at radius 2 is 2.36 bits per heavy atom. The van der Waals surface area contributed by atoms with Gasteiger partial charge in [-0.05, 0) is 37.8 Å². The highest BCUT2D eigenvalue weighted by atomic mass is 16.3. The molecule has 78 valence electrons. The van der Waals surface area contributed by atoms with Crippen molar-refractivity contribution in [2.75, 3.05) is 6.54 Å². The molecule has 1 heterocycles. The Labute approximate surface area is 84.5 Å². The van der Waals surface area contributed by atoms with Crippen molar-refractivity contribution in [3.8, 4) is 0 Å². The first-order chi connectivity index (χ1) is 6.63. The number of aliphatic hydroxyl groups excluding tert-OH is 1. The van der Waals surface area contributed by atoms with Crippen molar-refractivity contribution in [1.29, 1.82) is 0 Å². The lowest BCUT2D eigenvalue weighted by molar-refractivity contribution is 0.132. The predicted molar refractivity (Wildman–Crippen MR) is 56.0 cm³/mol. The number of nitrogens with zero attached hydrogens (tertiary/aromatic N) is 1. The molecule has 2 atom stereocenters. The van der Waals surface area contributed by atoms with Crippen LogP contribution in [-0.4, -0.2) is 16.2 Å². The van der Waals surface area contributed by atoms with Crippen LogP contribution in [0.25, 0.3) is 0 Å². The quantitative estimate of drug-likeness (QED) is 0.697. The Morgan fingerprint density at radius 1 is 1.64 bits per heavy atom. The lowest BCUT2D eigenvalue weighted by atomic mass is 9.84. The van der Waals surface area contributed by atoms with Gasteiger partial charge in [-0.15, -0.1) is 0 Å². The topological polar surface area (TPSA) is 51.2 Å². The minimum atomic E-state index is -0.312. The fraction of sp³-hybridized carbons (Fsp3) is 0.636. The molecule has 0 amide bonds. The standard InChI is InChI=1S/C11H18N2O/c1-7-6-13(2)9-3-8(5-12)4-10(14)11(7)9/h6,8,10,14H,3-5,12H2,1-2H3. The smallest absolute Gasteiger partial charge is 0.0813 e. The zero-order chi connectivity index (χ0) is 10.3. The van der Waals surface area contributed by atoms with Crippen molar-refractivity contribution >= 4 is 0 Å². The maximum Gasteiger partial charge on any atom is 0.0813 e. The van der Waals surface area contributed by atoms with Crippen LogP contribution in [0.1, 0.15) is 29.3 Å². The molecular formula is C11H18N2O. The lowest BCUT2D eigenvalue weighted by Gasteiger charge is -2.26. The van der Waals surface area contributed by atoms with Gasteiger partial charge in [0.25, 0.3) is 0 Å². The lowest BCUT2D eigenvalue weighted by Crippen LogP contribution is -2.25. The molecule has 1 aliphatic carbocycles. The van der Waals surface area contributed by atoms with Crippen molar-refractivity contribution in [3.05, 3.63) is 23.0 Å². The van der Waals surface area contributed by atoms with E-state index in [1.807, 2.05) is 7.05 Å². The number of aliphatic hydroxyl groups is 1. The van der Waals surface area contributed by atoms with Crippen LogP contribution in [-0.2, 0) is 13.5 Å². The molecule has 0 spiro atoms. The van der Waals surface area contributed by atoms with E-state index in [1.54, 1.807) is 0 Å². The average molecular weight is 194 g/mol. The third-order valence-corrected chi connectivity index (χ3v) is 3.25. The second kappa shape index (κ2) is 3.41. The highest BCUT2D eigenvalue weighted by Crippen LogP contribution is 2.35. The normalized spacial score (nSPS) is 26.3. The fourth-order valence-corrected chi connectivity index (χ4v) is 2.53. The maximum atomic E-state index is 9.99. The van der Waals surface area contributed by atoms with Gasteiger partial charge in [0.1, 0.15) is 0 Å². The van der Waals surface area contributed by atoms with E-state index < -0.39 is 0 Å². The molecule has 2 unspecified atom stereocenters. The summed E-state index contributed by atoms with van der Waals surface area (Å²) in [6.07, 6.45) is 3.60. The van der Waals surface area contributed by atoms with E-state index in [9.17, 15) is 5.11 Å². The van der Waals surface area contributed by atoms with Crippen LogP contribution in [0.5, 0.6) is 0 Å². The summed E-state index contributed by atoms with van der Waals surface area (Å²) in [7, 11) is 2.04. The summed E-state index contributed by atoms with van der Waals surface area (Å²) in [5.41, 5.74) is 9.26. The van der Waals surface area contributed by atoms with Gasteiger partial charge in [-0.2, -0.15) is 0 Å². The van der Waals surface area contributed by atoms with Crippen LogP contribution in [0.4, 0.5) is 0 Å². The third kappa shape index (κ3) is 1.37. The van der Waals surface area contributed by atoms with Gasteiger partial charge >= 0.3 is 0 Å². The van der Waals surface area contributed by atoms with E-state index in [0.29, 0.717) is 12.5 Å². The Kier molecular flexibility index (Phi) is 2.37. The van der Waals surface area contributed by atoms with Crippen molar-refractivity contribution in [1.82, 2.24) is 4.57 Å². The maximum absolute atomic E-state index is 9.99. The Hall–Kier alpha value is -0.800. The largest absolute Gasteiger partial charge is 0.388 e. The van der Waals surface area contributed by atoms with Crippen molar-refractivity contribution in [2.45, 2.75) is 25.9 Å². The zero-order valence-corrected chi connectivity index (χ0v) is 8.83. The van der Waals surface area contributed by atoms with Gasteiger partial charge in [0.05, 0.1) is 6.10 Å². The second-order valence-corrected chi connectivity index (χ2v) is 4.34. The number of hydrogen-bond acceptors (Lipinski definition) is 2. The number of hydrogen-bond donors (Lipinski definition) is 2. The molecule has 3 N–H and O–H groups in total. The molecule has 2 rings (SSSR count). The molecule has 0 saturated heterocycles. The van der Waals surface area contributed by atoms with Gasteiger partial charge < -0.3 is 15.4 Å². The first kappa shape index (κ1) is 9.74.